The Morgan fingerprint density at radius 2 is 2.19 bits per heavy atom. The predicted molar refractivity (Wildman–Crippen MR) is 64.0 cm³/mol. The Morgan fingerprint density at radius 3 is 2.75 bits per heavy atom. The van der Waals surface area contributed by atoms with Crippen molar-refractivity contribution in [3.05, 3.63) is 23.3 Å². The summed E-state index contributed by atoms with van der Waals surface area (Å²) in [5.41, 5.74) is 5.98. The van der Waals surface area contributed by atoms with Crippen molar-refractivity contribution in [2.24, 2.45) is 11.1 Å². The number of rotatable bonds is 2. The fourth-order valence-corrected chi connectivity index (χ4v) is 1.89. The summed E-state index contributed by atoms with van der Waals surface area (Å²) in [7, 11) is 0. The first kappa shape index (κ1) is 11.3. The van der Waals surface area contributed by atoms with Gasteiger partial charge < -0.3 is 10.3 Å². The molecule has 0 saturated carbocycles. The van der Waals surface area contributed by atoms with Gasteiger partial charge in [-0.05, 0) is 16.9 Å². The monoisotopic (exact) mass is 237 g/mol. The molecule has 0 aromatic carbocycles. The van der Waals surface area contributed by atoms with Crippen molar-refractivity contribution in [1.29, 1.82) is 0 Å². The van der Waals surface area contributed by atoms with Crippen molar-refractivity contribution < 1.29 is 4.52 Å². The van der Waals surface area contributed by atoms with Gasteiger partial charge in [0.15, 0.2) is 5.82 Å². The average molecular weight is 237 g/mol. The van der Waals surface area contributed by atoms with Crippen molar-refractivity contribution in [2.75, 3.05) is 0 Å². The normalized spacial score (nSPS) is 14.0. The van der Waals surface area contributed by atoms with Crippen LogP contribution in [-0.2, 0) is 0 Å². The average Bonchev–Trinajstić information content (AvgIpc) is 2.85. The smallest absolute Gasteiger partial charge is 0.268 e. The van der Waals surface area contributed by atoms with E-state index in [1.54, 1.807) is 11.3 Å². The van der Waals surface area contributed by atoms with E-state index in [4.69, 9.17) is 10.3 Å². The molecule has 4 nitrogen and oxygen atoms in total. The Bertz CT molecular complexity index is 456. The molecule has 2 heterocycles. The highest BCUT2D eigenvalue weighted by atomic mass is 32.1. The molecule has 1 atom stereocenters. The van der Waals surface area contributed by atoms with Gasteiger partial charge in [-0.15, -0.1) is 11.3 Å². The maximum absolute atomic E-state index is 6.06. The second-order valence-electron chi connectivity index (χ2n) is 4.78. The summed E-state index contributed by atoms with van der Waals surface area (Å²) in [4.78, 5) is 5.30. The SMILES string of the molecule is CC(C)(C)[C@H](N)c1noc(-c2cccs2)n1. The van der Waals surface area contributed by atoms with E-state index >= 15 is 0 Å². The lowest BCUT2D eigenvalue weighted by atomic mass is 9.87. The maximum atomic E-state index is 6.06. The van der Waals surface area contributed by atoms with Crippen LogP contribution in [0.4, 0.5) is 0 Å². The molecule has 0 saturated heterocycles. The minimum absolute atomic E-state index is 0.0728. The van der Waals surface area contributed by atoms with E-state index in [9.17, 15) is 0 Å². The van der Waals surface area contributed by atoms with Crippen molar-refractivity contribution in [3.63, 3.8) is 0 Å². The molecule has 0 bridgehead atoms. The number of nitrogens with zero attached hydrogens (tertiary/aromatic N) is 2. The highest BCUT2D eigenvalue weighted by Crippen LogP contribution is 2.30. The third-order valence-corrected chi connectivity index (χ3v) is 3.24. The van der Waals surface area contributed by atoms with Crippen LogP contribution < -0.4 is 5.73 Å². The second kappa shape index (κ2) is 3.99. The van der Waals surface area contributed by atoms with E-state index in [1.807, 2.05) is 17.5 Å². The Kier molecular flexibility index (Phi) is 2.82. The summed E-state index contributed by atoms with van der Waals surface area (Å²) in [6.07, 6.45) is 0. The van der Waals surface area contributed by atoms with Gasteiger partial charge in [0, 0.05) is 0 Å². The molecule has 2 rings (SSSR count). The molecule has 2 aromatic heterocycles. The summed E-state index contributed by atoms with van der Waals surface area (Å²) in [6, 6.07) is 3.68. The fourth-order valence-electron chi connectivity index (χ4n) is 1.25. The van der Waals surface area contributed by atoms with Crippen LogP contribution in [0, 0.1) is 5.41 Å². The van der Waals surface area contributed by atoms with E-state index in [2.05, 4.69) is 30.9 Å². The number of hydrogen-bond acceptors (Lipinski definition) is 5. The van der Waals surface area contributed by atoms with Crippen LogP contribution >= 0.6 is 11.3 Å². The Balaban J connectivity index is 2.27. The molecule has 0 radical (unpaired) electrons. The molecule has 5 heteroatoms. The molecule has 0 fully saturated rings. The highest BCUT2D eigenvalue weighted by molar-refractivity contribution is 7.13. The van der Waals surface area contributed by atoms with Crippen LogP contribution in [0.2, 0.25) is 0 Å². The molecule has 0 aliphatic rings. The van der Waals surface area contributed by atoms with Gasteiger partial charge in [0.1, 0.15) is 0 Å². The molecule has 86 valence electrons. The van der Waals surface area contributed by atoms with Crippen LogP contribution in [0.1, 0.15) is 32.6 Å². The molecular weight excluding hydrogens is 222 g/mol. The van der Waals surface area contributed by atoms with E-state index in [-0.39, 0.29) is 11.5 Å². The van der Waals surface area contributed by atoms with Crippen LogP contribution in [0.25, 0.3) is 10.8 Å². The quantitative estimate of drug-likeness (QED) is 0.872. The molecule has 0 amide bonds. The molecule has 0 unspecified atom stereocenters. The van der Waals surface area contributed by atoms with Gasteiger partial charge in [-0.1, -0.05) is 32.0 Å². The largest absolute Gasteiger partial charge is 0.333 e. The molecule has 0 spiro atoms. The first-order valence-corrected chi connectivity index (χ1v) is 5.99. The molecule has 16 heavy (non-hydrogen) atoms. The minimum atomic E-state index is -0.218. The predicted octanol–water partition coefficient (Wildman–Crippen LogP) is 2.84. The maximum Gasteiger partial charge on any atom is 0.268 e. The number of thiophene rings is 1. The molecule has 2 N–H and O–H groups in total. The fraction of sp³-hybridized carbons (Fsp3) is 0.455. The summed E-state index contributed by atoms with van der Waals surface area (Å²) in [6.45, 7) is 6.16. The third-order valence-electron chi connectivity index (χ3n) is 2.38. The Labute approximate surface area is 98.5 Å². The summed E-state index contributed by atoms with van der Waals surface area (Å²) >= 11 is 1.57. The summed E-state index contributed by atoms with van der Waals surface area (Å²) < 4.78 is 5.19. The van der Waals surface area contributed by atoms with Gasteiger partial charge in [-0.3, -0.25) is 0 Å². The van der Waals surface area contributed by atoms with Crippen LogP contribution in [-0.4, -0.2) is 10.1 Å². The van der Waals surface area contributed by atoms with E-state index in [0.717, 1.165) is 4.88 Å². The third kappa shape index (κ3) is 2.15. The molecular formula is C11H15N3OS. The highest BCUT2D eigenvalue weighted by Gasteiger charge is 2.27. The zero-order valence-corrected chi connectivity index (χ0v) is 10.4. The van der Waals surface area contributed by atoms with Gasteiger partial charge >= 0.3 is 0 Å². The summed E-state index contributed by atoms with van der Waals surface area (Å²) in [5, 5.41) is 5.91. The van der Waals surface area contributed by atoms with Crippen molar-refractivity contribution in [1.82, 2.24) is 10.1 Å². The van der Waals surface area contributed by atoms with Gasteiger partial charge in [-0.2, -0.15) is 4.98 Å². The molecule has 2 aromatic rings. The zero-order valence-electron chi connectivity index (χ0n) is 9.60. The number of aromatic nitrogens is 2. The minimum Gasteiger partial charge on any atom is -0.333 e. The van der Waals surface area contributed by atoms with E-state index in [1.165, 1.54) is 0 Å². The Morgan fingerprint density at radius 1 is 1.44 bits per heavy atom. The standard InChI is InChI=1S/C11H15N3OS/c1-11(2,3)8(12)9-13-10(15-14-9)7-5-4-6-16-7/h4-6,8H,12H2,1-3H3/t8-/m1/s1. The van der Waals surface area contributed by atoms with Gasteiger partial charge in [0.05, 0.1) is 10.9 Å². The van der Waals surface area contributed by atoms with E-state index in [0.29, 0.717) is 11.7 Å². The van der Waals surface area contributed by atoms with Crippen LogP contribution in [0.3, 0.4) is 0 Å². The Hall–Kier alpha value is -1.20. The number of hydrogen-bond donors (Lipinski definition) is 1. The van der Waals surface area contributed by atoms with E-state index < -0.39 is 0 Å². The van der Waals surface area contributed by atoms with Crippen molar-refractivity contribution >= 4 is 11.3 Å². The topological polar surface area (TPSA) is 64.9 Å². The molecule has 0 aliphatic carbocycles. The summed E-state index contributed by atoms with van der Waals surface area (Å²) in [5.74, 6) is 1.11. The van der Waals surface area contributed by atoms with Gasteiger partial charge in [-0.25, -0.2) is 0 Å². The van der Waals surface area contributed by atoms with Crippen LogP contribution in [0.5, 0.6) is 0 Å². The van der Waals surface area contributed by atoms with Gasteiger partial charge in [0.25, 0.3) is 5.89 Å². The zero-order chi connectivity index (χ0) is 11.8. The number of nitrogens with two attached hydrogens (primary N) is 1. The first-order chi connectivity index (χ1) is 7.48. The lowest BCUT2D eigenvalue weighted by Crippen LogP contribution is -2.27. The van der Waals surface area contributed by atoms with Crippen LogP contribution in [0.15, 0.2) is 22.0 Å². The van der Waals surface area contributed by atoms with Crippen molar-refractivity contribution in [3.8, 4) is 10.8 Å². The van der Waals surface area contributed by atoms with Crippen molar-refractivity contribution in [2.45, 2.75) is 26.8 Å². The molecule has 0 aliphatic heterocycles. The van der Waals surface area contributed by atoms with Gasteiger partial charge in [0.2, 0.25) is 0 Å². The first-order valence-electron chi connectivity index (χ1n) is 5.11. The lowest BCUT2D eigenvalue weighted by Gasteiger charge is -2.23. The second-order valence-corrected chi connectivity index (χ2v) is 5.73. The lowest BCUT2D eigenvalue weighted by molar-refractivity contribution is 0.303.